The molecule has 1 atom stereocenters. The maximum absolute atomic E-state index is 13.8. The fourth-order valence-electron chi connectivity index (χ4n) is 4.36. The largest absolute Gasteiger partial charge is 0.494 e. The van der Waals surface area contributed by atoms with Gasteiger partial charge in [0.1, 0.15) is 11.6 Å². The second-order valence-electron chi connectivity index (χ2n) is 8.90. The maximum Gasteiger partial charge on any atom is 0.322 e. The van der Waals surface area contributed by atoms with Crippen LogP contribution in [0.4, 0.5) is 10.5 Å². The Kier molecular flexibility index (Phi) is 8.76. The highest BCUT2D eigenvalue weighted by Crippen LogP contribution is 2.24. The number of para-hydroxylation sites is 1. The first-order chi connectivity index (χ1) is 18.5. The molecule has 38 heavy (non-hydrogen) atoms. The van der Waals surface area contributed by atoms with Crippen LogP contribution in [0, 0.1) is 0 Å². The van der Waals surface area contributed by atoms with E-state index in [1.54, 1.807) is 34.8 Å². The molecule has 0 saturated carbocycles. The number of nitrogens with one attached hydrogen (secondary N) is 1. The summed E-state index contributed by atoms with van der Waals surface area (Å²) in [5.41, 5.74) is 2.90. The molecule has 2 amide bonds. The fourth-order valence-corrected chi connectivity index (χ4v) is 4.36. The third kappa shape index (κ3) is 5.86. The van der Waals surface area contributed by atoms with Gasteiger partial charge in [-0.2, -0.15) is 0 Å². The number of hydrogen-bond acceptors (Lipinski definition) is 5. The zero-order chi connectivity index (χ0) is 27.1. The number of benzene rings is 3. The number of ether oxygens (including phenoxy) is 2. The Bertz CT molecular complexity index is 1430. The molecule has 198 valence electrons. The van der Waals surface area contributed by atoms with Gasteiger partial charge >= 0.3 is 6.03 Å². The first kappa shape index (κ1) is 26.9. The molecule has 4 aromatic rings. The minimum absolute atomic E-state index is 0.180. The van der Waals surface area contributed by atoms with Crippen LogP contribution in [0.3, 0.4) is 0 Å². The van der Waals surface area contributed by atoms with Crippen LogP contribution < -0.4 is 15.6 Å². The highest BCUT2D eigenvalue weighted by molar-refractivity contribution is 5.89. The fraction of sp³-hybridized carbons (Fsp3) is 0.300. The Labute approximate surface area is 222 Å². The number of hydrogen-bond donors (Lipinski definition) is 1. The Hall–Kier alpha value is -4.17. The van der Waals surface area contributed by atoms with Crippen molar-refractivity contribution < 1.29 is 14.3 Å². The SMILES string of the molecule is CCOc1ccc(NC(=O)N(CCOC)C(C)c2nc3ccccc3c(=O)n2-c2ccc(CC)cc2)cc1. The van der Waals surface area contributed by atoms with Crippen molar-refractivity contribution in [2.75, 3.05) is 32.2 Å². The highest BCUT2D eigenvalue weighted by atomic mass is 16.5. The Morgan fingerprint density at radius 3 is 2.39 bits per heavy atom. The Morgan fingerprint density at radius 1 is 1.03 bits per heavy atom. The van der Waals surface area contributed by atoms with Crippen molar-refractivity contribution in [2.45, 2.75) is 33.2 Å². The second kappa shape index (κ2) is 12.4. The van der Waals surface area contributed by atoms with E-state index < -0.39 is 6.04 Å². The number of aryl methyl sites for hydroxylation is 1. The van der Waals surface area contributed by atoms with Gasteiger partial charge in [0.15, 0.2) is 0 Å². The van der Waals surface area contributed by atoms with E-state index in [9.17, 15) is 9.59 Å². The van der Waals surface area contributed by atoms with Crippen LogP contribution in [0.5, 0.6) is 5.75 Å². The molecule has 0 bridgehead atoms. The van der Waals surface area contributed by atoms with Crippen LogP contribution in [0.1, 0.15) is 38.2 Å². The number of fused-ring (bicyclic) bond motifs is 1. The molecule has 1 N–H and O–H groups in total. The van der Waals surface area contributed by atoms with Crippen molar-refractivity contribution in [3.8, 4) is 11.4 Å². The lowest BCUT2D eigenvalue weighted by Gasteiger charge is -2.30. The summed E-state index contributed by atoms with van der Waals surface area (Å²) in [5, 5.41) is 3.48. The van der Waals surface area contributed by atoms with Gasteiger partial charge in [0.05, 0.1) is 35.8 Å². The molecular weight excluding hydrogens is 480 g/mol. The summed E-state index contributed by atoms with van der Waals surface area (Å²) in [5.74, 6) is 1.20. The van der Waals surface area contributed by atoms with Crippen LogP contribution in [0.25, 0.3) is 16.6 Å². The van der Waals surface area contributed by atoms with Crippen LogP contribution in [-0.4, -0.2) is 47.4 Å². The van der Waals surface area contributed by atoms with Crippen LogP contribution in [0.2, 0.25) is 0 Å². The highest BCUT2D eigenvalue weighted by Gasteiger charge is 2.27. The van der Waals surface area contributed by atoms with E-state index in [1.165, 1.54) is 5.56 Å². The van der Waals surface area contributed by atoms with Crippen LogP contribution in [0.15, 0.2) is 77.6 Å². The average Bonchev–Trinajstić information content (AvgIpc) is 2.94. The number of methoxy groups -OCH3 is 1. The van der Waals surface area contributed by atoms with Crippen molar-refractivity contribution in [3.63, 3.8) is 0 Å². The van der Waals surface area contributed by atoms with Gasteiger partial charge in [0.2, 0.25) is 0 Å². The van der Waals surface area contributed by atoms with E-state index in [0.717, 1.165) is 12.2 Å². The van der Waals surface area contributed by atoms with Crippen LogP contribution >= 0.6 is 0 Å². The number of urea groups is 1. The molecule has 0 radical (unpaired) electrons. The zero-order valence-electron chi connectivity index (χ0n) is 22.3. The molecule has 8 heteroatoms. The summed E-state index contributed by atoms with van der Waals surface area (Å²) in [7, 11) is 1.59. The topological polar surface area (TPSA) is 85.7 Å². The third-order valence-corrected chi connectivity index (χ3v) is 6.46. The predicted molar refractivity (Wildman–Crippen MR) is 150 cm³/mol. The molecule has 0 fully saturated rings. The van der Waals surface area contributed by atoms with Gasteiger partial charge in [-0.1, -0.05) is 31.2 Å². The first-order valence-corrected chi connectivity index (χ1v) is 12.9. The number of carbonyl (C=O) groups is 1. The summed E-state index contributed by atoms with van der Waals surface area (Å²) in [6.07, 6.45) is 0.894. The van der Waals surface area contributed by atoms with Crippen molar-refractivity contribution >= 4 is 22.6 Å². The molecule has 0 aliphatic rings. The van der Waals surface area contributed by atoms with Gasteiger partial charge in [-0.25, -0.2) is 9.78 Å². The first-order valence-electron chi connectivity index (χ1n) is 12.9. The standard InChI is InChI=1S/C30H34N4O4/c1-5-22-11-15-24(16-12-22)34-28(32-27-10-8-7-9-26(27)29(34)35)21(3)33(19-20-37-4)30(36)31-23-13-17-25(18-14-23)38-6-2/h7-18,21H,5-6,19-20H2,1-4H3,(H,31,36). The van der Waals surface area contributed by atoms with Gasteiger partial charge < -0.3 is 19.7 Å². The lowest BCUT2D eigenvalue weighted by molar-refractivity contribution is 0.137. The molecule has 1 aromatic heterocycles. The molecule has 8 nitrogen and oxygen atoms in total. The molecule has 1 heterocycles. The van der Waals surface area contributed by atoms with E-state index in [0.29, 0.717) is 47.9 Å². The summed E-state index contributed by atoms with van der Waals surface area (Å²) < 4.78 is 12.4. The van der Waals surface area contributed by atoms with Crippen molar-refractivity contribution in [3.05, 3.63) is 94.5 Å². The Morgan fingerprint density at radius 2 is 1.74 bits per heavy atom. The summed E-state index contributed by atoms with van der Waals surface area (Å²) >= 11 is 0. The number of nitrogens with zero attached hydrogens (tertiary/aromatic N) is 3. The molecule has 1 unspecified atom stereocenters. The quantitative estimate of drug-likeness (QED) is 0.298. The third-order valence-electron chi connectivity index (χ3n) is 6.46. The van der Waals surface area contributed by atoms with Crippen molar-refractivity contribution in [2.24, 2.45) is 0 Å². The average molecular weight is 515 g/mol. The minimum atomic E-state index is -0.545. The van der Waals surface area contributed by atoms with E-state index >= 15 is 0 Å². The summed E-state index contributed by atoms with van der Waals surface area (Å²) in [6, 6.07) is 21.5. The number of aromatic nitrogens is 2. The number of anilines is 1. The van der Waals surface area contributed by atoms with Gasteiger partial charge in [0, 0.05) is 19.3 Å². The van der Waals surface area contributed by atoms with Gasteiger partial charge in [-0.3, -0.25) is 9.36 Å². The molecule has 0 saturated heterocycles. The molecule has 0 spiro atoms. The zero-order valence-corrected chi connectivity index (χ0v) is 22.3. The number of rotatable bonds is 10. The van der Waals surface area contributed by atoms with E-state index in [-0.39, 0.29) is 11.6 Å². The molecule has 0 aliphatic carbocycles. The summed E-state index contributed by atoms with van der Waals surface area (Å²) in [6.45, 7) is 7.07. The normalized spacial score (nSPS) is 11.8. The maximum atomic E-state index is 13.8. The smallest absolute Gasteiger partial charge is 0.322 e. The van der Waals surface area contributed by atoms with E-state index in [4.69, 9.17) is 14.5 Å². The molecule has 3 aromatic carbocycles. The molecular formula is C30H34N4O4. The van der Waals surface area contributed by atoms with Crippen LogP contribution in [-0.2, 0) is 11.2 Å². The van der Waals surface area contributed by atoms with Gasteiger partial charge in [-0.15, -0.1) is 0 Å². The second-order valence-corrected chi connectivity index (χ2v) is 8.90. The van der Waals surface area contributed by atoms with Crippen molar-refractivity contribution in [1.29, 1.82) is 0 Å². The predicted octanol–water partition coefficient (Wildman–Crippen LogP) is 5.59. The summed E-state index contributed by atoms with van der Waals surface area (Å²) in [4.78, 5) is 33.8. The molecule has 0 aliphatic heterocycles. The van der Waals surface area contributed by atoms with Crippen molar-refractivity contribution in [1.82, 2.24) is 14.5 Å². The lowest BCUT2D eigenvalue weighted by atomic mass is 10.1. The monoisotopic (exact) mass is 514 g/mol. The lowest BCUT2D eigenvalue weighted by Crippen LogP contribution is -2.41. The number of carbonyl (C=O) groups excluding carboxylic acids is 1. The van der Waals surface area contributed by atoms with Gasteiger partial charge in [0.25, 0.3) is 5.56 Å². The van der Waals surface area contributed by atoms with E-state index in [1.807, 2.05) is 68.4 Å². The Balaban J connectivity index is 1.76. The minimum Gasteiger partial charge on any atom is -0.494 e. The van der Waals surface area contributed by atoms with E-state index in [2.05, 4.69) is 12.2 Å². The van der Waals surface area contributed by atoms with Gasteiger partial charge in [-0.05, 0) is 74.4 Å². The molecule has 4 rings (SSSR count). The number of amides is 2.